The van der Waals surface area contributed by atoms with Gasteiger partial charge in [0, 0.05) is 12.3 Å². The number of nitrogens with one attached hydrogen (secondary N) is 1. The first kappa shape index (κ1) is 14.0. The van der Waals surface area contributed by atoms with Crippen molar-refractivity contribution in [2.75, 3.05) is 19.3 Å². The average Bonchev–Trinajstić information content (AvgIpc) is 2.90. The van der Waals surface area contributed by atoms with E-state index in [0.717, 1.165) is 36.8 Å². The molecular formula is C13H19N5S. The zero-order valence-electron chi connectivity index (χ0n) is 11.1. The van der Waals surface area contributed by atoms with Crippen LogP contribution in [0, 0.1) is 0 Å². The molecule has 1 N–H and O–H groups in total. The topological polar surface area (TPSA) is 55.6 Å². The Labute approximate surface area is 117 Å². The summed E-state index contributed by atoms with van der Waals surface area (Å²) < 4.78 is 1.85. The highest BCUT2D eigenvalue weighted by Gasteiger charge is 2.05. The molecule has 1 aromatic heterocycles. The lowest BCUT2D eigenvalue weighted by molar-refractivity contribution is 0.530. The monoisotopic (exact) mass is 277 g/mol. The molecular weight excluding hydrogens is 258 g/mol. The molecule has 0 aliphatic rings. The summed E-state index contributed by atoms with van der Waals surface area (Å²) >= 11 is 1.72. The molecule has 1 aromatic carbocycles. The Morgan fingerprint density at radius 3 is 2.89 bits per heavy atom. The van der Waals surface area contributed by atoms with Crippen molar-refractivity contribution in [3.63, 3.8) is 0 Å². The number of benzene rings is 1. The Hall–Kier alpha value is -1.40. The first-order valence-electron chi connectivity index (χ1n) is 6.47. The predicted octanol–water partition coefficient (Wildman–Crippen LogP) is 1.62. The van der Waals surface area contributed by atoms with Crippen LogP contribution in [-0.2, 0) is 13.0 Å². The fraction of sp³-hybridized carbons (Fsp3) is 0.462. The maximum atomic E-state index is 4.05. The van der Waals surface area contributed by atoms with E-state index in [-0.39, 0.29) is 0 Å². The number of hydrogen-bond acceptors (Lipinski definition) is 5. The molecule has 0 unspecified atom stereocenters. The van der Waals surface area contributed by atoms with Crippen molar-refractivity contribution in [3.8, 4) is 0 Å². The van der Waals surface area contributed by atoms with Crippen LogP contribution >= 0.6 is 11.8 Å². The Balaban J connectivity index is 1.72. The van der Waals surface area contributed by atoms with Crippen LogP contribution in [-0.4, -0.2) is 39.6 Å². The molecule has 0 aliphatic heterocycles. The highest BCUT2D eigenvalue weighted by molar-refractivity contribution is 7.99. The van der Waals surface area contributed by atoms with Crippen molar-refractivity contribution in [1.82, 2.24) is 25.5 Å². The quantitative estimate of drug-likeness (QED) is 0.587. The largest absolute Gasteiger partial charge is 0.318 e. The first-order chi connectivity index (χ1) is 9.40. The summed E-state index contributed by atoms with van der Waals surface area (Å²) in [5.74, 6) is 1.04. The first-order valence-corrected chi connectivity index (χ1v) is 7.46. The minimum atomic E-state index is 0.810. The molecule has 0 bridgehead atoms. The summed E-state index contributed by atoms with van der Waals surface area (Å²) in [7, 11) is 1.93. The van der Waals surface area contributed by atoms with Gasteiger partial charge in [-0.15, -0.1) is 5.10 Å². The molecule has 0 spiro atoms. The van der Waals surface area contributed by atoms with Gasteiger partial charge < -0.3 is 5.32 Å². The lowest BCUT2D eigenvalue weighted by atomic mass is 10.1. The third-order valence-electron chi connectivity index (χ3n) is 2.76. The van der Waals surface area contributed by atoms with Gasteiger partial charge in [-0.2, -0.15) is 0 Å². The number of likely N-dealkylation sites (N-methyl/N-ethyl adjacent to an activating group) is 1. The lowest BCUT2D eigenvalue weighted by Crippen LogP contribution is -2.16. The molecule has 0 saturated carbocycles. The van der Waals surface area contributed by atoms with Gasteiger partial charge in [0.15, 0.2) is 0 Å². The second-order valence-electron chi connectivity index (χ2n) is 4.23. The summed E-state index contributed by atoms with van der Waals surface area (Å²) in [6.45, 7) is 1.69. The van der Waals surface area contributed by atoms with Crippen molar-refractivity contribution in [3.05, 3.63) is 35.9 Å². The van der Waals surface area contributed by atoms with Gasteiger partial charge in [-0.05, 0) is 35.9 Å². The van der Waals surface area contributed by atoms with Crippen LogP contribution in [0.2, 0.25) is 0 Å². The van der Waals surface area contributed by atoms with Gasteiger partial charge in [0.2, 0.25) is 5.16 Å². The standard InChI is InChI=1S/C13H19N5S/c1-14-9-10-18-13(15-16-17-18)19-11-5-8-12-6-3-2-4-7-12/h2-4,6-7,14H,5,8-11H2,1H3. The smallest absolute Gasteiger partial charge is 0.209 e. The fourth-order valence-electron chi connectivity index (χ4n) is 1.74. The van der Waals surface area contributed by atoms with Gasteiger partial charge in [-0.3, -0.25) is 0 Å². The van der Waals surface area contributed by atoms with E-state index >= 15 is 0 Å². The fourth-order valence-corrected chi connectivity index (χ4v) is 2.58. The number of aromatic nitrogens is 4. The number of tetrazole rings is 1. The van der Waals surface area contributed by atoms with Gasteiger partial charge in [0.25, 0.3) is 0 Å². The molecule has 19 heavy (non-hydrogen) atoms. The molecule has 0 saturated heterocycles. The SMILES string of the molecule is CNCCn1nnnc1SCCCc1ccccc1. The second kappa shape index (κ2) is 7.91. The summed E-state index contributed by atoms with van der Waals surface area (Å²) in [6.07, 6.45) is 2.24. The number of nitrogens with zero attached hydrogens (tertiary/aromatic N) is 4. The Morgan fingerprint density at radius 2 is 2.11 bits per heavy atom. The molecule has 0 amide bonds. The summed E-state index contributed by atoms with van der Waals surface area (Å²) in [6, 6.07) is 10.6. The molecule has 102 valence electrons. The number of rotatable bonds is 8. The Morgan fingerprint density at radius 1 is 1.26 bits per heavy atom. The summed E-state index contributed by atoms with van der Waals surface area (Å²) in [5.41, 5.74) is 1.39. The van der Waals surface area contributed by atoms with Gasteiger partial charge >= 0.3 is 0 Å². The minimum Gasteiger partial charge on any atom is -0.318 e. The summed E-state index contributed by atoms with van der Waals surface area (Å²) in [5, 5.41) is 15.8. The van der Waals surface area contributed by atoms with Crippen molar-refractivity contribution < 1.29 is 0 Å². The Kier molecular flexibility index (Phi) is 5.84. The van der Waals surface area contributed by atoms with E-state index in [1.165, 1.54) is 5.56 Å². The van der Waals surface area contributed by atoms with E-state index in [2.05, 4.69) is 45.1 Å². The third-order valence-corrected chi connectivity index (χ3v) is 3.80. The van der Waals surface area contributed by atoms with Crippen molar-refractivity contribution >= 4 is 11.8 Å². The highest BCUT2D eigenvalue weighted by Crippen LogP contribution is 2.15. The maximum Gasteiger partial charge on any atom is 0.209 e. The van der Waals surface area contributed by atoms with Crippen LogP contribution in [0.5, 0.6) is 0 Å². The van der Waals surface area contributed by atoms with E-state index in [4.69, 9.17) is 0 Å². The molecule has 0 radical (unpaired) electrons. The third kappa shape index (κ3) is 4.65. The van der Waals surface area contributed by atoms with Gasteiger partial charge in [0.05, 0.1) is 6.54 Å². The molecule has 5 nitrogen and oxygen atoms in total. The molecule has 0 atom stereocenters. The van der Waals surface area contributed by atoms with Gasteiger partial charge in [-0.1, -0.05) is 42.1 Å². The van der Waals surface area contributed by atoms with Crippen molar-refractivity contribution in [1.29, 1.82) is 0 Å². The molecule has 1 heterocycles. The van der Waals surface area contributed by atoms with Crippen LogP contribution < -0.4 is 5.32 Å². The van der Waals surface area contributed by atoms with Gasteiger partial charge in [-0.25, -0.2) is 4.68 Å². The van der Waals surface area contributed by atoms with Crippen LogP contribution in [0.1, 0.15) is 12.0 Å². The zero-order valence-corrected chi connectivity index (χ0v) is 11.9. The number of hydrogen-bond donors (Lipinski definition) is 1. The van der Waals surface area contributed by atoms with Crippen LogP contribution in [0.3, 0.4) is 0 Å². The number of thioether (sulfide) groups is 1. The molecule has 0 aliphatic carbocycles. The molecule has 2 rings (SSSR count). The van der Waals surface area contributed by atoms with E-state index in [1.807, 2.05) is 17.8 Å². The van der Waals surface area contributed by atoms with E-state index in [0.29, 0.717) is 0 Å². The Bertz CT molecular complexity index is 471. The zero-order chi connectivity index (χ0) is 13.3. The lowest BCUT2D eigenvalue weighted by Gasteiger charge is -2.04. The molecule has 6 heteroatoms. The van der Waals surface area contributed by atoms with E-state index < -0.39 is 0 Å². The van der Waals surface area contributed by atoms with Gasteiger partial charge in [0.1, 0.15) is 0 Å². The predicted molar refractivity (Wildman–Crippen MR) is 77.2 cm³/mol. The van der Waals surface area contributed by atoms with E-state index in [9.17, 15) is 0 Å². The minimum absolute atomic E-state index is 0.810. The average molecular weight is 277 g/mol. The molecule has 0 fully saturated rings. The number of aryl methyl sites for hydroxylation is 1. The molecule has 2 aromatic rings. The summed E-state index contributed by atoms with van der Waals surface area (Å²) in [4.78, 5) is 0. The van der Waals surface area contributed by atoms with E-state index in [1.54, 1.807) is 11.8 Å². The highest BCUT2D eigenvalue weighted by atomic mass is 32.2. The normalized spacial score (nSPS) is 10.8. The second-order valence-corrected chi connectivity index (χ2v) is 5.29. The van der Waals surface area contributed by atoms with Crippen molar-refractivity contribution in [2.24, 2.45) is 0 Å². The van der Waals surface area contributed by atoms with Crippen molar-refractivity contribution in [2.45, 2.75) is 24.5 Å². The maximum absolute atomic E-state index is 4.05. The van der Waals surface area contributed by atoms with Crippen LogP contribution in [0.4, 0.5) is 0 Å². The van der Waals surface area contributed by atoms with Crippen LogP contribution in [0.15, 0.2) is 35.5 Å². The van der Waals surface area contributed by atoms with Crippen LogP contribution in [0.25, 0.3) is 0 Å².